The number of nitrogens with zero attached hydrogens (tertiary/aromatic N) is 3. The summed E-state index contributed by atoms with van der Waals surface area (Å²) in [6.45, 7) is 7.60. The van der Waals surface area contributed by atoms with Gasteiger partial charge in [-0.3, -0.25) is 9.69 Å². The predicted octanol–water partition coefficient (Wildman–Crippen LogP) is 3.40. The van der Waals surface area contributed by atoms with Crippen LogP contribution in [-0.2, 0) is 6.54 Å². The molecule has 0 spiro atoms. The van der Waals surface area contributed by atoms with Crippen molar-refractivity contribution < 1.29 is 9.18 Å². The third kappa shape index (κ3) is 4.07. The van der Waals surface area contributed by atoms with E-state index in [1.54, 1.807) is 18.3 Å². The van der Waals surface area contributed by atoms with Gasteiger partial charge >= 0.3 is 0 Å². The Morgan fingerprint density at radius 3 is 2.73 bits per heavy atom. The van der Waals surface area contributed by atoms with Gasteiger partial charge < -0.3 is 5.32 Å². The van der Waals surface area contributed by atoms with Crippen molar-refractivity contribution in [2.45, 2.75) is 52.2 Å². The first-order valence-electron chi connectivity index (χ1n) is 9.07. The second-order valence-corrected chi connectivity index (χ2v) is 7.03. The normalized spacial score (nSPS) is 17.7. The smallest absolute Gasteiger partial charge is 0.254 e. The topological polar surface area (TPSA) is 58.1 Å². The minimum Gasteiger partial charge on any atom is -0.348 e. The fourth-order valence-corrected chi connectivity index (χ4v) is 3.43. The molecular weight excluding hydrogens is 331 g/mol. The van der Waals surface area contributed by atoms with Gasteiger partial charge in [0.05, 0.1) is 17.3 Å². The van der Waals surface area contributed by atoms with E-state index in [9.17, 15) is 9.18 Å². The number of halogens is 1. The minimum absolute atomic E-state index is 0.217. The molecule has 2 aromatic rings. The molecule has 26 heavy (non-hydrogen) atoms. The van der Waals surface area contributed by atoms with Crippen molar-refractivity contribution in [1.29, 1.82) is 0 Å². The molecule has 6 heteroatoms. The first kappa shape index (κ1) is 18.5. The van der Waals surface area contributed by atoms with E-state index in [4.69, 9.17) is 0 Å². The molecule has 1 aromatic carbocycles. The minimum atomic E-state index is -0.290. The van der Waals surface area contributed by atoms with E-state index in [0.717, 1.165) is 30.8 Å². The standard InChI is InChI=1S/C20H25FN4O/c1-13(2)25-10-4-5-18(25)19-22-12-17(14(3)24-19)20(26)23-11-15-6-8-16(21)9-7-15/h6-9,12-13,18H,4-5,10-11H2,1-3H3,(H,23,26). The molecule has 2 heterocycles. The summed E-state index contributed by atoms with van der Waals surface area (Å²) in [5.41, 5.74) is 2.00. The van der Waals surface area contributed by atoms with Crippen LogP contribution in [0.2, 0.25) is 0 Å². The molecule has 1 amide bonds. The van der Waals surface area contributed by atoms with Crippen molar-refractivity contribution in [3.63, 3.8) is 0 Å². The van der Waals surface area contributed by atoms with E-state index < -0.39 is 0 Å². The maximum absolute atomic E-state index is 12.9. The fraction of sp³-hybridized carbons (Fsp3) is 0.450. The molecule has 1 saturated heterocycles. The van der Waals surface area contributed by atoms with Gasteiger partial charge in [-0.15, -0.1) is 0 Å². The van der Waals surface area contributed by atoms with Crippen LogP contribution in [0, 0.1) is 12.7 Å². The largest absolute Gasteiger partial charge is 0.348 e. The van der Waals surface area contributed by atoms with Crippen LogP contribution in [0.3, 0.4) is 0 Å². The maximum Gasteiger partial charge on any atom is 0.254 e. The van der Waals surface area contributed by atoms with Gasteiger partial charge in [0.1, 0.15) is 11.6 Å². The molecule has 3 rings (SSSR count). The van der Waals surface area contributed by atoms with Gasteiger partial charge in [0.25, 0.3) is 5.91 Å². The van der Waals surface area contributed by atoms with Crippen molar-refractivity contribution in [2.75, 3.05) is 6.54 Å². The number of carbonyl (C=O) groups is 1. The number of likely N-dealkylation sites (tertiary alicyclic amines) is 1. The van der Waals surface area contributed by atoms with Gasteiger partial charge in [0, 0.05) is 18.8 Å². The van der Waals surface area contributed by atoms with E-state index in [-0.39, 0.29) is 17.8 Å². The zero-order valence-corrected chi connectivity index (χ0v) is 15.5. The summed E-state index contributed by atoms with van der Waals surface area (Å²) in [5.74, 6) is 0.288. The first-order valence-corrected chi connectivity index (χ1v) is 9.07. The Balaban J connectivity index is 1.68. The van der Waals surface area contributed by atoms with Crippen LogP contribution in [0.1, 0.15) is 60.2 Å². The van der Waals surface area contributed by atoms with Crippen molar-refractivity contribution >= 4 is 5.91 Å². The molecular formula is C20H25FN4O. The molecule has 0 radical (unpaired) electrons. The van der Waals surface area contributed by atoms with E-state index in [1.807, 2.05) is 6.92 Å². The van der Waals surface area contributed by atoms with Crippen LogP contribution >= 0.6 is 0 Å². The van der Waals surface area contributed by atoms with Gasteiger partial charge in [0.2, 0.25) is 0 Å². The van der Waals surface area contributed by atoms with Gasteiger partial charge in [-0.25, -0.2) is 14.4 Å². The van der Waals surface area contributed by atoms with Gasteiger partial charge in [0.15, 0.2) is 0 Å². The highest BCUT2D eigenvalue weighted by Crippen LogP contribution is 2.31. The van der Waals surface area contributed by atoms with Crippen LogP contribution in [0.15, 0.2) is 30.5 Å². The molecule has 0 saturated carbocycles. The molecule has 1 fully saturated rings. The van der Waals surface area contributed by atoms with E-state index >= 15 is 0 Å². The Bertz CT molecular complexity index is 776. The number of carbonyl (C=O) groups excluding carboxylic acids is 1. The second kappa shape index (κ2) is 7.91. The summed E-state index contributed by atoms with van der Waals surface area (Å²) >= 11 is 0. The molecule has 0 aliphatic carbocycles. The fourth-order valence-electron chi connectivity index (χ4n) is 3.43. The van der Waals surface area contributed by atoms with Crippen LogP contribution in [-0.4, -0.2) is 33.4 Å². The lowest BCUT2D eigenvalue weighted by atomic mass is 10.1. The molecule has 1 atom stereocenters. The second-order valence-electron chi connectivity index (χ2n) is 7.03. The predicted molar refractivity (Wildman–Crippen MR) is 98.2 cm³/mol. The number of aromatic nitrogens is 2. The number of hydrogen-bond acceptors (Lipinski definition) is 4. The van der Waals surface area contributed by atoms with E-state index in [1.165, 1.54) is 12.1 Å². The lowest BCUT2D eigenvalue weighted by Gasteiger charge is -2.27. The Hall–Kier alpha value is -2.34. The van der Waals surface area contributed by atoms with Crippen LogP contribution in [0.4, 0.5) is 4.39 Å². The van der Waals surface area contributed by atoms with Crippen molar-refractivity contribution in [3.8, 4) is 0 Å². The average Bonchev–Trinajstić information content (AvgIpc) is 3.11. The molecule has 1 aliphatic rings. The van der Waals surface area contributed by atoms with Crippen molar-refractivity contribution in [1.82, 2.24) is 20.2 Å². The zero-order valence-electron chi connectivity index (χ0n) is 15.5. The molecule has 138 valence electrons. The molecule has 1 aromatic heterocycles. The van der Waals surface area contributed by atoms with Crippen LogP contribution in [0.25, 0.3) is 0 Å². The van der Waals surface area contributed by atoms with E-state index in [2.05, 4.69) is 34.0 Å². The first-order chi connectivity index (χ1) is 12.5. The Labute approximate surface area is 153 Å². The highest BCUT2D eigenvalue weighted by molar-refractivity contribution is 5.94. The Morgan fingerprint density at radius 2 is 2.08 bits per heavy atom. The zero-order chi connectivity index (χ0) is 18.7. The number of benzene rings is 1. The van der Waals surface area contributed by atoms with E-state index in [0.29, 0.717) is 23.8 Å². The number of aryl methyl sites for hydroxylation is 1. The summed E-state index contributed by atoms with van der Waals surface area (Å²) in [7, 11) is 0. The molecule has 1 unspecified atom stereocenters. The van der Waals surface area contributed by atoms with Gasteiger partial charge in [-0.05, 0) is 57.9 Å². The number of hydrogen-bond donors (Lipinski definition) is 1. The Morgan fingerprint density at radius 1 is 1.35 bits per heavy atom. The third-order valence-electron chi connectivity index (χ3n) is 4.86. The highest BCUT2D eigenvalue weighted by Gasteiger charge is 2.30. The number of amides is 1. The molecule has 0 bridgehead atoms. The van der Waals surface area contributed by atoms with Crippen molar-refractivity contribution in [2.24, 2.45) is 0 Å². The summed E-state index contributed by atoms with van der Waals surface area (Å²) in [5, 5.41) is 2.84. The SMILES string of the molecule is Cc1nc(C2CCCN2C(C)C)ncc1C(=O)NCc1ccc(F)cc1. The number of rotatable bonds is 5. The lowest BCUT2D eigenvalue weighted by molar-refractivity contribution is 0.0949. The van der Waals surface area contributed by atoms with Gasteiger partial charge in [-0.2, -0.15) is 0 Å². The van der Waals surface area contributed by atoms with Crippen LogP contribution in [0.5, 0.6) is 0 Å². The monoisotopic (exact) mass is 356 g/mol. The highest BCUT2D eigenvalue weighted by atomic mass is 19.1. The summed E-state index contributed by atoms with van der Waals surface area (Å²) in [6, 6.07) is 6.75. The lowest BCUT2D eigenvalue weighted by Crippen LogP contribution is -2.31. The molecule has 1 aliphatic heterocycles. The Kier molecular flexibility index (Phi) is 5.61. The quantitative estimate of drug-likeness (QED) is 0.892. The van der Waals surface area contributed by atoms with Crippen molar-refractivity contribution in [3.05, 3.63) is 58.9 Å². The average molecular weight is 356 g/mol. The van der Waals surface area contributed by atoms with Crippen LogP contribution < -0.4 is 5.32 Å². The molecule has 5 nitrogen and oxygen atoms in total. The molecule has 1 N–H and O–H groups in total. The summed E-state index contributed by atoms with van der Waals surface area (Å²) < 4.78 is 12.9. The third-order valence-corrected chi connectivity index (χ3v) is 4.86. The number of nitrogens with one attached hydrogen (secondary N) is 1. The maximum atomic E-state index is 12.9. The van der Waals surface area contributed by atoms with Gasteiger partial charge in [-0.1, -0.05) is 12.1 Å². The summed E-state index contributed by atoms with van der Waals surface area (Å²) in [6.07, 6.45) is 3.81. The summed E-state index contributed by atoms with van der Waals surface area (Å²) in [4.78, 5) is 23.9.